The quantitative estimate of drug-likeness (QED) is 0.308. The third kappa shape index (κ3) is 9.98. The SMILES string of the molecule is COC(=O)c1cnc(C)c(Br)c1.COC(=O)c1cnc(Cl)c(Br)c1.C[O-].[Na+]. The van der Waals surface area contributed by atoms with E-state index in [1.165, 1.54) is 26.6 Å². The van der Waals surface area contributed by atoms with Crippen LogP contribution in [0.25, 0.3) is 0 Å². The van der Waals surface area contributed by atoms with Gasteiger partial charge >= 0.3 is 41.5 Å². The number of aromatic nitrogens is 2. The topological polar surface area (TPSA) is 101 Å². The molecule has 7 nitrogen and oxygen atoms in total. The normalized spacial score (nSPS) is 8.74. The maximum atomic E-state index is 11.0. The van der Waals surface area contributed by atoms with Gasteiger partial charge in [0.1, 0.15) is 5.15 Å². The minimum atomic E-state index is -0.431. The molecule has 2 heterocycles. The summed E-state index contributed by atoms with van der Waals surface area (Å²) in [6, 6.07) is 3.25. The van der Waals surface area contributed by atoms with Crippen LogP contribution >= 0.6 is 43.5 Å². The first-order valence-corrected chi connectivity index (χ1v) is 8.77. The van der Waals surface area contributed by atoms with Crippen LogP contribution in [-0.2, 0) is 9.47 Å². The molecule has 0 radical (unpaired) electrons. The van der Waals surface area contributed by atoms with Gasteiger partial charge in [-0.2, -0.15) is 7.11 Å². The summed E-state index contributed by atoms with van der Waals surface area (Å²) in [5, 5.41) is 8.57. The van der Waals surface area contributed by atoms with Crippen molar-refractivity contribution in [3.63, 3.8) is 0 Å². The van der Waals surface area contributed by atoms with E-state index in [0.717, 1.165) is 17.3 Å². The molecule has 0 spiro atoms. The molecule has 0 aliphatic carbocycles. The number of pyridine rings is 2. The fourth-order valence-electron chi connectivity index (χ4n) is 1.39. The molecule has 0 fully saturated rings. The van der Waals surface area contributed by atoms with Gasteiger partial charge in [-0.3, -0.25) is 4.98 Å². The van der Waals surface area contributed by atoms with Crippen molar-refractivity contribution in [3.05, 3.63) is 55.4 Å². The summed E-state index contributed by atoms with van der Waals surface area (Å²) < 4.78 is 10.4. The van der Waals surface area contributed by atoms with Gasteiger partial charge in [-0.05, 0) is 50.9 Å². The van der Waals surface area contributed by atoms with E-state index in [4.69, 9.17) is 16.7 Å². The minimum Gasteiger partial charge on any atom is -0.857 e. The molecule has 0 unspecified atom stereocenters. The summed E-state index contributed by atoms with van der Waals surface area (Å²) in [5.74, 6) is -0.803. The molecule has 142 valence electrons. The number of hydrogen-bond donors (Lipinski definition) is 0. The van der Waals surface area contributed by atoms with Crippen LogP contribution in [0.5, 0.6) is 0 Å². The van der Waals surface area contributed by atoms with Crippen molar-refractivity contribution in [2.24, 2.45) is 0 Å². The number of hydrogen-bond acceptors (Lipinski definition) is 7. The molecule has 0 N–H and O–H groups in total. The monoisotopic (exact) mass is 532 g/mol. The molecule has 0 saturated carbocycles. The summed E-state index contributed by atoms with van der Waals surface area (Å²) in [6.07, 6.45) is 2.85. The zero-order valence-corrected chi connectivity index (χ0v) is 21.3. The molecular formula is C16H16Br2ClN2NaO5. The smallest absolute Gasteiger partial charge is 0.857 e. The predicted octanol–water partition coefficient (Wildman–Crippen LogP) is 0.204. The summed E-state index contributed by atoms with van der Waals surface area (Å²) in [7, 11) is 3.40. The molecule has 0 aromatic carbocycles. The molecule has 2 aromatic heterocycles. The van der Waals surface area contributed by atoms with E-state index in [2.05, 4.69) is 51.3 Å². The third-order valence-corrected chi connectivity index (χ3v) is 4.60. The zero-order chi connectivity index (χ0) is 20.3. The van der Waals surface area contributed by atoms with Gasteiger partial charge < -0.3 is 14.6 Å². The molecule has 27 heavy (non-hydrogen) atoms. The number of nitrogens with zero attached hydrogens (tertiary/aromatic N) is 2. The van der Waals surface area contributed by atoms with Crippen molar-refractivity contribution in [2.75, 3.05) is 21.3 Å². The van der Waals surface area contributed by atoms with Crippen LogP contribution in [0.3, 0.4) is 0 Å². The van der Waals surface area contributed by atoms with E-state index in [1.54, 1.807) is 12.1 Å². The summed E-state index contributed by atoms with van der Waals surface area (Å²) in [5.41, 5.74) is 1.67. The molecule has 0 bridgehead atoms. The predicted molar refractivity (Wildman–Crippen MR) is 102 cm³/mol. The van der Waals surface area contributed by atoms with Crippen molar-refractivity contribution in [2.45, 2.75) is 6.92 Å². The molecule has 11 heteroatoms. The van der Waals surface area contributed by atoms with Gasteiger partial charge in [0.15, 0.2) is 0 Å². The number of carbonyl (C=O) groups is 2. The second-order valence-electron chi connectivity index (χ2n) is 4.27. The Bertz CT molecular complexity index is 702. The summed E-state index contributed by atoms with van der Waals surface area (Å²) in [6.45, 7) is 1.85. The van der Waals surface area contributed by atoms with Gasteiger partial charge in [0.2, 0.25) is 0 Å². The van der Waals surface area contributed by atoms with Crippen molar-refractivity contribution < 1.29 is 53.7 Å². The average Bonchev–Trinajstić information content (AvgIpc) is 2.67. The van der Waals surface area contributed by atoms with Crippen LogP contribution < -0.4 is 34.7 Å². The third-order valence-electron chi connectivity index (χ3n) is 2.66. The Labute approximate surface area is 201 Å². The minimum absolute atomic E-state index is 0. The molecule has 0 atom stereocenters. The molecule has 0 aliphatic heterocycles. The number of rotatable bonds is 2. The van der Waals surface area contributed by atoms with Gasteiger partial charge in [0.05, 0.1) is 35.5 Å². The fraction of sp³-hybridized carbons (Fsp3) is 0.250. The first kappa shape index (κ1) is 28.7. The number of esters is 2. The van der Waals surface area contributed by atoms with Crippen LogP contribution in [0.4, 0.5) is 0 Å². The van der Waals surface area contributed by atoms with Crippen molar-refractivity contribution in [1.29, 1.82) is 0 Å². The molecule has 0 saturated heterocycles. The second-order valence-corrected chi connectivity index (χ2v) is 6.34. The Balaban J connectivity index is 0. The van der Waals surface area contributed by atoms with Crippen LogP contribution in [0.2, 0.25) is 5.15 Å². The number of methoxy groups -OCH3 is 2. The van der Waals surface area contributed by atoms with Gasteiger partial charge in [-0.15, -0.1) is 0 Å². The first-order chi connectivity index (χ1) is 12.3. The van der Waals surface area contributed by atoms with Crippen molar-refractivity contribution in [3.8, 4) is 0 Å². The maximum absolute atomic E-state index is 11.0. The van der Waals surface area contributed by atoms with Crippen LogP contribution in [0.15, 0.2) is 33.5 Å². The van der Waals surface area contributed by atoms with E-state index in [-0.39, 0.29) is 35.5 Å². The van der Waals surface area contributed by atoms with E-state index in [9.17, 15) is 9.59 Å². The van der Waals surface area contributed by atoms with Gasteiger partial charge in [-0.1, -0.05) is 11.6 Å². The van der Waals surface area contributed by atoms with Crippen LogP contribution in [0.1, 0.15) is 26.4 Å². The van der Waals surface area contributed by atoms with Crippen molar-refractivity contribution >= 4 is 55.4 Å². The Hall–Kier alpha value is -0.550. The van der Waals surface area contributed by atoms with Crippen LogP contribution in [-0.4, -0.2) is 43.2 Å². The molecule has 2 aromatic rings. The summed E-state index contributed by atoms with van der Waals surface area (Å²) in [4.78, 5) is 29.7. The van der Waals surface area contributed by atoms with E-state index in [1.807, 2.05) is 6.92 Å². The maximum Gasteiger partial charge on any atom is 1.00 e. The number of carbonyl (C=O) groups excluding carboxylic acids is 2. The molecule has 0 amide bonds. The number of halogens is 3. The van der Waals surface area contributed by atoms with E-state index < -0.39 is 5.97 Å². The average molecular weight is 535 g/mol. The molecule has 0 aliphatic rings. The molecular weight excluding hydrogens is 518 g/mol. The van der Waals surface area contributed by atoms with Gasteiger partial charge in [0, 0.05) is 16.9 Å². The fourth-order valence-corrected chi connectivity index (χ4v) is 2.19. The van der Waals surface area contributed by atoms with E-state index >= 15 is 0 Å². The largest absolute Gasteiger partial charge is 1.00 e. The van der Waals surface area contributed by atoms with Gasteiger partial charge in [-0.25, -0.2) is 14.6 Å². The van der Waals surface area contributed by atoms with Crippen molar-refractivity contribution in [1.82, 2.24) is 9.97 Å². The Morgan fingerprint density at radius 3 is 1.74 bits per heavy atom. The Morgan fingerprint density at radius 2 is 1.37 bits per heavy atom. The van der Waals surface area contributed by atoms with Gasteiger partial charge in [0.25, 0.3) is 0 Å². The number of ether oxygens (including phenoxy) is 2. The number of aryl methyl sites for hydroxylation is 1. The molecule has 2 rings (SSSR count). The Kier molecular flexibility index (Phi) is 16.3. The first-order valence-electron chi connectivity index (χ1n) is 6.80. The Morgan fingerprint density at radius 1 is 0.963 bits per heavy atom. The van der Waals surface area contributed by atoms with E-state index in [0.29, 0.717) is 20.8 Å². The second kappa shape index (κ2) is 15.4. The summed E-state index contributed by atoms with van der Waals surface area (Å²) >= 11 is 12.0. The standard InChI is InChI=1S/C8H8BrNO2.C7H5BrClNO2.CH3O.Na/c1-5-7(9)3-6(4-10-5)8(11)12-2;1-12-7(11)4-2-5(8)6(9)10-3-4;1-2;/h3-4H,1-2H3;2-3H,1H3;1H3;/q;;-1;+1. The van der Waals surface area contributed by atoms with Crippen LogP contribution in [0, 0.1) is 6.92 Å². The zero-order valence-electron chi connectivity index (χ0n) is 15.4.